The Labute approximate surface area is 187 Å². The fourth-order valence-electron chi connectivity index (χ4n) is 3.19. The van der Waals surface area contributed by atoms with Crippen molar-refractivity contribution >= 4 is 29.6 Å². The molecule has 0 aliphatic carbocycles. The molecule has 0 aromatic heterocycles. The Balaban J connectivity index is 2.31. The van der Waals surface area contributed by atoms with E-state index in [0.717, 1.165) is 5.56 Å². The average molecular weight is 452 g/mol. The first-order valence-corrected chi connectivity index (χ1v) is 10.6. The lowest BCUT2D eigenvalue weighted by atomic mass is 10.0. The summed E-state index contributed by atoms with van der Waals surface area (Å²) in [5.41, 5.74) is 0.885. The number of carbonyl (C=O) groups excluding carboxylic acids is 3. The minimum Gasteiger partial charge on any atom is -0.490 e. The van der Waals surface area contributed by atoms with Crippen LogP contribution in [0.2, 0.25) is 0 Å². The summed E-state index contributed by atoms with van der Waals surface area (Å²) in [6, 6.07) is 4.90. The van der Waals surface area contributed by atoms with Crippen LogP contribution in [-0.4, -0.2) is 49.6 Å². The van der Waals surface area contributed by atoms with Crippen LogP contribution in [0, 0.1) is 5.92 Å². The Hall–Kier alpha value is -2.58. The molecular weight excluding hydrogens is 422 g/mol. The van der Waals surface area contributed by atoms with Crippen molar-refractivity contribution in [1.82, 2.24) is 15.5 Å². The molecule has 2 amide bonds. The fourth-order valence-corrected chi connectivity index (χ4v) is 3.36. The van der Waals surface area contributed by atoms with Crippen LogP contribution >= 0.6 is 11.8 Å². The number of rotatable bonds is 4. The van der Waals surface area contributed by atoms with E-state index in [0.29, 0.717) is 25.2 Å². The van der Waals surface area contributed by atoms with Gasteiger partial charge in [-0.15, -0.1) is 0 Å². The van der Waals surface area contributed by atoms with Gasteiger partial charge < -0.3 is 20.1 Å². The third-order valence-corrected chi connectivity index (χ3v) is 5.10. The van der Waals surface area contributed by atoms with Crippen molar-refractivity contribution in [2.75, 3.05) is 13.7 Å². The number of esters is 1. The van der Waals surface area contributed by atoms with Crippen LogP contribution in [0.1, 0.15) is 32.3 Å². The summed E-state index contributed by atoms with van der Waals surface area (Å²) >= 11 is 5.83. The number of hydrogen-bond donors (Lipinski definition) is 3. The van der Waals surface area contributed by atoms with Crippen molar-refractivity contribution in [2.24, 2.45) is 5.92 Å². The zero-order valence-corrected chi connectivity index (χ0v) is 18.8. The van der Waals surface area contributed by atoms with E-state index in [2.05, 4.69) is 15.5 Å². The Kier molecular flexibility index (Phi) is 9.81. The normalized spacial score (nSPS) is 22.9. The van der Waals surface area contributed by atoms with Crippen LogP contribution in [0.25, 0.3) is 0 Å². The predicted octanol–water partition coefficient (Wildman–Crippen LogP) is 1.87. The summed E-state index contributed by atoms with van der Waals surface area (Å²) < 4.78 is 10.5. The molecule has 2 aliphatic heterocycles. The number of fused-ring (bicyclic) bond motifs is 13. The zero-order valence-electron chi connectivity index (χ0n) is 18.0. The van der Waals surface area contributed by atoms with Gasteiger partial charge in [0.15, 0.2) is 0 Å². The standard InChI is InChI=1S/C22H30ClN3O5/c1-14(2)12-18-20(27)24-17(22(29)30-3)6-4-5-11-31-16-9-7-15(8-10-16)13-19(26-23)21(28)25-18/h4-5,7-10,14,17-19,26H,6,11-13H2,1-3H3,(H,24,27)(H,25,28)/t17-,18-,19-/m0/s1. The maximum Gasteiger partial charge on any atom is 0.328 e. The number of carbonyl (C=O) groups is 3. The molecule has 1 aromatic carbocycles. The van der Waals surface area contributed by atoms with E-state index < -0.39 is 35.9 Å². The Bertz CT molecular complexity index is 782. The van der Waals surface area contributed by atoms with Gasteiger partial charge in [-0.3, -0.25) is 9.59 Å². The van der Waals surface area contributed by atoms with Crippen LogP contribution in [0.15, 0.2) is 36.4 Å². The van der Waals surface area contributed by atoms with Gasteiger partial charge in [0, 0.05) is 0 Å². The molecule has 0 spiro atoms. The van der Waals surface area contributed by atoms with E-state index in [1.165, 1.54) is 7.11 Å². The highest BCUT2D eigenvalue weighted by Gasteiger charge is 2.29. The number of amides is 2. The summed E-state index contributed by atoms with van der Waals surface area (Å²) in [5, 5.41) is 5.46. The summed E-state index contributed by atoms with van der Waals surface area (Å²) in [5.74, 6) is -0.623. The van der Waals surface area contributed by atoms with Crippen LogP contribution in [0.4, 0.5) is 0 Å². The van der Waals surface area contributed by atoms with Gasteiger partial charge in [0.2, 0.25) is 11.8 Å². The molecule has 3 rings (SSSR count). The Morgan fingerprint density at radius 3 is 2.52 bits per heavy atom. The number of ether oxygens (including phenoxy) is 2. The van der Waals surface area contributed by atoms with Gasteiger partial charge in [0.05, 0.1) is 7.11 Å². The van der Waals surface area contributed by atoms with E-state index in [4.69, 9.17) is 21.3 Å². The van der Waals surface area contributed by atoms with E-state index in [1.54, 1.807) is 12.2 Å². The van der Waals surface area contributed by atoms with Gasteiger partial charge in [-0.05, 0) is 54.7 Å². The van der Waals surface area contributed by atoms with Gasteiger partial charge in [-0.2, -0.15) is 0 Å². The van der Waals surface area contributed by atoms with Crippen LogP contribution in [-0.2, 0) is 25.5 Å². The van der Waals surface area contributed by atoms with Gasteiger partial charge in [0.25, 0.3) is 0 Å². The second kappa shape index (κ2) is 12.3. The number of methoxy groups -OCH3 is 1. The monoisotopic (exact) mass is 451 g/mol. The molecule has 2 aliphatic rings. The van der Waals surface area contributed by atoms with Gasteiger partial charge in [0.1, 0.15) is 30.5 Å². The van der Waals surface area contributed by atoms with Crippen LogP contribution in [0.3, 0.4) is 0 Å². The molecular formula is C22H30ClN3O5. The molecule has 3 atom stereocenters. The van der Waals surface area contributed by atoms with Gasteiger partial charge >= 0.3 is 5.97 Å². The molecule has 170 valence electrons. The second-order valence-electron chi connectivity index (χ2n) is 7.80. The van der Waals surface area contributed by atoms with E-state index in [-0.39, 0.29) is 12.3 Å². The van der Waals surface area contributed by atoms with E-state index in [9.17, 15) is 14.4 Å². The van der Waals surface area contributed by atoms with Crippen molar-refractivity contribution in [3.63, 3.8) is 0 Å². The lowest BCUT2D eigenvalue weighted by molar-refractivity contribution is -0.145. The lowest BCUT2D eigenvalue weighted by Gasteiger charge is -2.25. The zero-order chi connectivity index (χ0) is 22.8. The first-order valence-electron chi connectivity index (χ1n) is 10.3. The van der Waals surface area contributed by atoms with E-state index >= 15 is 0 Å². The Morgan fingerprint density at radius 2 is 1.90 bits per heavy atom. The minimum atomic E-state index is -0.878. The number of halogens is 1. The summed E-state index contributed by atoms with van der Waals surface area (Å²) in [6.07, 6.45) is 4.48. The number of benzene rings is 1. The largest absolute Gasteiger partial charge is 0.490 e. The maximum atomic E-state index is 12.9. The molecule has 9 heteroatoms. The van der Waals surface area contributed by atoms with Crippen LogP contribution < -0.4 is 20.2 Å². The van der Waals surface area contributed by atoms with Gasteiger partial charge in [-0.25, -0.2) is 9.63 Å². The molecule has 0 radical (unpaired) electrons. The molecule has 1 aromatic rings. The SMILES string of the molecule is COC(=O)[C@@H]1CC=CCOc2ccc(cc2)C[C@H](NCl)C(=O)N[C@@H](CC(C)C)C(=O)N1. The minimum absolute atomic E-state index is 0.133. The van der Waals surface area contributed by atoms with Crippen molar-refractivity contribution in [3.8, 4) is 5.75 Å². The quantitative estimate of drug-likeness (QED) is 0.366. The molecule has 0 saturated heterocycles. The third-order valence-electron chi connectivity index (χ3n) is 4.84. The summed E-state index contributed by atoms with van der Waals surface area (Å²) in [7, 11) is 1.26. The first-order chi connectivity index (χ1) is 14.8. The lowest BCUT2D eigenvalue weighted by Crippen LogP contribution is -2.55. The molecule has 0 unspecified atom stereocenters. The molecule has 0 fully saturated rings. The summed E-state index contributed by atoms with van der Waals surface area (Å²) in [6.45, 7) is 4.20. The van der Waals surface area contributed by atoms with E-state index in [1.807, 2.05) is 38.1 Å². The topological polar surface area (TPSA) is 106 Å². The molecule has 8 nitrogen and oxygen atoms in total. The number of hydrogen-bond acceptors (Lipinski definition) is 6. The first kappa shape index (κ1) is 24.7. The van der Waals surface area contributed by atoms with Crippen molar-refractivity contribution < 1.29 is 23.9 Å². The van der Waals surface area contributed by atoms with Crippen molar-refractivity contribution in [3.05, 3.63) is 42.0 Å². The highest BCUT2D eigenvalue weighted by molar-refractivity contribution is 6.15. The van der Waals surface area contributed by atoms with Crippen molar-refractivity contribution in [2.45, 2.75) is 51.2 Å². The molecule has 2 heterocycles. The Morgan fingerprint density at radius 1 is 1.19 bits per heavy atom. The molecule has 31 heavy (non-hydrogen) atoms. The van der Waals surface area contributed by atoms with Crippen molar-refractivity contribution in [1.29, 1.82) is 0 Å². The van der Waals surface area contributed by atoms with Gasteiger partial charge in [-0.1, -0.05) is 38.1 Å². The molecule has 2 bridgehead atoms. The maximum absolute atomic E-state index is 12.9. The average Bonchev–Trinajstić information content (AvgIpc) is 2.75. The fraction of sp³-hybridized carbons (Fsp3) is 0.500. The highest BCUT2D eigenvalue weighted by Crippen LogP contribution is 2.15. The third kappa shape index (κ3) is 7.88. The summed E-state index contributed by atoms with van der Waals surface area (Å²) in [4.78, 5) is 40.4. The second-order valence-corrected chi connectivity index (χ2v) is 8.02. The molecule has 0 saturated carbocycles. The highest BCUT2D eigenvalue weighted by atomic mass is 35.5. The molecule has 3 N–H and O–H groups in total. The number of nitrogens with one attached hydrogen (secondary N) is 3. The van der Waals surface area contributed by atoms with Crippen LogP contribution in [0.5, 0.6) is 5.75 Å². The smallest absolute Gasteiger partial charge is 0.328 e. The predicted molar refractivity (Wildman–Crippen MR) is 118 cm³/mol.